The van der Waals surface area contributed by atoms with E-state index in [0.717, 1.165) is 16.8 Å². The summed E-state index contributed by atoms with van der Waals surface area (Å²) in [5.41, 5.74) is 3.46. The quantitative estimate of drug-likeness (QED) is 0.643. The van der Waals surface area contributed by atoms with Crippen LogP contribution in [-0.2, 0) is 16.1 Å². The molecule has 2 amide bonds. The van der Waals surface area contributed by atoms with E-state index in [-0.39, 0.29) is 11.8 Å². The van der Waals surface area contributed by atoms with Crippen molar-refractivity contribution in [3.8, 4) is 11.3 Å². The lowest BCUT2D eigenvalue weighted by molar-refractivity contribution is -0.119. The molecule has 2 N–H and O–H groups in total. The number of hydrogen-bond donors (Lipinski definition) is 2. The van der Waals surface area contributed by atoms with Gasteiger partial charge in [0.05, 0.1) is 11.4 Å². The number of benzene rings is 1. The van der Waals surface area contributed by atoms with Gasteiger partial charge in [0.2, 0.25) is 11.8 Å². The van der Waals surface area contributed by atoms with Crippen molar-refractivity contribution in [3.05, 3.63) is 71.4 Å². The van der Waals surface area contributed by atoms with Gasteiger partial charge in [0.25, 0.3) is 0 Å². The maximum atomic E-state index is 12.0. The van der Waals surface area contributed by atoms with Crippen molar-refractivity contribution in [2.45, 2.75) is 13.5 Å². The van der Waals surface area contributed by atoms with Gasteiger partial charge in [-0.3, -0.25) is 19.9 Å². The minimum absolute atomic E-state index is 0.0592. The molecule has 0 saturated heterocycles. The highest BCUT2D eigenvalue weighted by Gasteiger charge is 2.07. The molecule has 3 rings (SSSR count). The highest BCUT2D eigenvalue weighted by Crippen LogP contribution is 2.25. The molecule has 0 aliphatic carbocycles. The van der Waals surface area contributed by atoms with Crippen LogP contribution >= 0.6 is 11.3 Å². The van der Waals surface area contributed by atoms with Gasteiger partial charge in [0, 0.05) is 36.7 Å². The van der Waals surface area contributed by atoms with Crippen molar-refractivity contribution in [1.82, 2.24) is 15.3 Å². The minimum atomic E-state index is -0.257. The first kappa shape index (κ1) is 18.5. The van der Waals surface area contributed by atoms with Gasteiger partial charge in [-0.15, -0.1) is 11.3 Å². The van der Waals surface area contributed by atoms with Crippen LogP contribution in [0.2, 0.25) is 0 Å². The first-order valence-electron chi connectivity index (χ1n) is 8.29. The van der Waals surface area contributed by atoms with E-state index >= 15 is 0 Å². The van der Waals surface area contributed by atoms with Gasteiger partial charge in [0.1, 0.15) is 0 Å². The van der Waals surface area contributed by atoms with Gasteiger partial charge in [-0.05, 0) is 23.8 Å². The fraction of sp³-hybridized carbons (Fsp3) is 0.100. The van der Waals surface area contributed by atoms with E-state index in [1.165, 1.54) is 24.3 Å². The summed E-state index contributed by atoms with van der Waals surface area (Å²) in [6.45, 7) is 1.99. The number of carbonyl (C=O) groups excluding carboxylic acids is 2. The maximum Gasteiger partial charge on any atom is 0.250 e. The fourth-order valence-corrected chi connectivity index (χ4v) is 2.99. The van der Waals surface area contributed by atoms with Crippen molar-refractivity contribution in [2.24, 2.45) is 0 Å². The Morgan fingerprint density at radius 2 is 1.96 bits per heavy atom. The molecular formula is C20H18N4O2S. The lowest BCUT2D eigenvalue weighted by atomic mass is 10.1. The predicted octanol–water partition coefficient (Wildman–Crippen LogP) is 3.49. The molecule has 6 nitrogen and oxygen atoms in total. The Labute approximate surface area is 161 Å². The van der Waals surface area contributed by atoms with Gasteiger partial charge in [0.15, 0.2) is 5.13 Å². The zero-order valence-electron chi connectivity index (χ0n) is 14.7. The molecule has 1 aromatic carbocycles. The summed E-state index contributed by atoms with van der Waals surface area (Å²) in [5, 5.41) is 7.93. The Kier molecular flexibility index (Phi) is 6.06. The largest absolute Gasteiger partial charge is 0.352 e. The molecule has 0 spiro atoms. The Morgan fingerprint density at radius 1 is 1.15 bits per heavy atom. The molecule has 27 heavy (non-hydrogen) atoms. The summed E-state index contributed by atoms with van der Waals surface area (Å²) in [7, 11) is 0. The van der Waals surface area contributed by atoms with Crippen LogP contribution in [0.1, 0.15) is 18.2 Å². The number of nitrogens with one attached hydrogen (secondary N) is 2. The summed E-state index contributed by atoms with van der Waals surface area (Å²) in [6, 6.07) is 13.3. The SMILES string of the molecule is CC(=O)NCc1ccc(-c2csc(NC(=O)C=Cc3ccccn3)n2)cc1. The van der Waals surface area contributed by atoms with E-state index in [1.54, 1.807) is 12.3 Å². The van der Waals surface area contributed by atoms with E-state index in [1.807, 2.05) is 47.8 Å². The molecule has 0 fully saturated rings. The molecular weight excluding hydrogens is 360 g/mol. The second-order valence-corrected chi connectivity index (χ2v) is 6.58. The van der Waals surface area contributed by atoms with Gasteiger partial charge in [-0.25, -0.2) is 4.98 Å². The van der Waals surface area contributed by atoms with Gasteiger partial charge in [-0.1, -0.05) is 30.3 Å². The molecule has 0 atom stereocenters. The third-order valence-corrected chi connectivity index (χ3v) is 4.38. The predicted molar refractivity (Wildman–Crippen MR) is 107 cm³/mol. The van der Waals surface area contributed by atoms with E-state index in [2.05, 4.69) is 20.6 Å². The minimum Gasteiger partial charge on any atom is -0.352 e. The molecule has 7 heteroatoms. The molecule has 0 aliphatic rings. The Morgan fingerprint density at radius 3 is 2.67 bits per heavy atom. The molecule has 2 aromatic heterocycles. The van der Waals surface area contributed by atoms with Crippen LogP contribution in [0.15, 0.2) is 60.1 Å². The molecule has 3 aromatic rings. The maximum absolute atomic E-state index is 12.0. The zero-order chi connectivity index (χ0) is 19.1. The lowest BCUT2D eigenvalue weighted by Crippen LogP contribution is -2.18. The lowest BCUT2D eigenvalue weighted by Gasteiger charge is -2.03. The van der Waals surface area contributed by atoms with Crippen molar-refractivity contribution in [1.29, 1.82) is 0 Å². The number of anilines is 1. The van der Waals surface area contributed by atoms with Crippen LogP contribution < -0.4 is 10.6 Å². The highest BCUT2D eigenvalue weighted by molar-refractivity contribution is 7.14. The standard InChI is InChI=1S/C20H18N4O2S/c1-14(25)22-12-15-5-7-16(8-6-15)18-13-27-20(23-18)24-19(26)10-9-17-4-2-3-11-21-17/h2-11,13H,12H2,1H3,(H,22,25)(H,23,24,26). The third-order valence-electron chi connectivity index (χ3n) is 3.62. The van der Waals surface area contributed by atoms with Gasteiger partial charge >= 0.3 is 0 Å². The average Bonchev–Trinajstić information content (AvgIpc) is 3.14. The number of aromatic nitrogens is 2. The number of rotatable bonds is 6. The normalized spacial score (nSPS) is 10.7. The van der Waals surface area contributed by atoms with E-state index in [0.29, 0.717) is 17.4 Å². The topological polar surface area (TPSA) is 84.0 Å². The van der Waals surface area contributed by atoms with E-state index < -0.39 is 0 Å². The molecule has 0 saturated carbocycles. The van der Waals surface area contributed by atoms with Crippen LogP contribution in [0, 0.1) is 0 Å². The monoisotopic (exact) mass is 378 g/mol. The van der Waals surface area contributed by atoms with Crippen LogP contribution in [-0.4, -0.2) is 21.8 Å². The first-order valence-corrected chi connectivity index (χ1v) is 9.17. The average molecular weight is 378 g/mol. The summed E-state index contributed by atoms with van der Waals surface area (Å²) in [4.78, 5) is 31.5. The van der Waals surface area contributed by atoms with E-state index in [4.69, 9.17) is 0 Å². The Balaban J connectivity index is 1.60. The van der Waals surface area contributed by atoms with Crippen molar-refractivity contribution < 1.29 is 9.59 Å². The number of amides is 2. The smallest absolute Gasteiger partial charge is 0.250 e. The first-order chi connectivity index (χ1) is 13.1. The summed E-state index contributed by atoms with van der Waals surface area (Å²) >= 11 is 1.36. The van der Waals surface area contributed by atoms with Gasteiger partial charge in [-0.2, -0.15) is 0 Å². The number of thiazole rings is 1. The molecule has 0 radical (unpaired) electrons. The van der Waals surface area contributed by atoms with Crippen molar-refractivity contribution in [2.75, 3.05) is 5.32 Å². The van der Waals surface area contributed by atoms with E-state index in [9.17, 15) is 9.59 Å². The number of nitrogens with zero attached hydrogens (tertiary/aromatic N) is 2. The number of hydrogen-bond acceptors (Lipinski definition) is 5. The molecule has 136 valence electrons. The van der Waals surface area contributed by atoms with Crippen molar-refractivity contribution >= 4 is 34.4 Å². The Hall–Kier alpha value is -3.32. The van der Waals surface area contributed by atoms with Crippen molar-refractivity contribution in [3.63, 3.8) is 0 Å². The summed E-state index contributed by atoms with van der Waals surface area (Å²) in [6.07, 6.45) is 4.75. The summed E-state index contributed by atoms with van der Waals surface area (Å²) in [5.74, 6) is -0.316. The number of pyridine rings is 1. The summed E-state index contributed by atoms with van der Waals surface area (Å²) < 4.78 is 0. The third kappa shape index (κ3) is 5.58. The van der Waals surface area contributed by atoms with Crippen LogP contribution in [0.4, 0.5) is 5.13 Å². The zero-order valence-corrected chi connectivity index (χ0v) is 15.5. The second-order valence-electron chi connectivity index (χ2n) is 5.72. The fourth-order valence-electron chi connectivity index (χ4n) is 2.27. The van der Waals surface area contributed by atoms with Crippen LogP contribution in [0.25, 0.3) is 17.3 Å². The Bertz CT molecular complexity index is 950. The molecule has 0 bridgehead atoms. The molecule has 2 heterocycles. The van der Waals surface area contributed by atoms with Crippen LogP contribution in [0.5, 0.6) is 0 Å². The highest BCUT2D eigenvalue weighted by atomic mass is 32.1. The van der Waals surface area contributed by atoms with Gasteiger partial charge < -0.3 is 5.32 Å². The van der Waals surface area contributed by atoms with Crippen LogP contribution in [0.3, 0.4) is 0 Å². The second kappa shape index (κ2) is 8.86. The molecule has 0 unspecified atom stereocenters. The number of carbonyl (C=O) groups is 2. The molecule has 0 aliphatic heterocycles.